The summed E-state index contributed by atoms with van der Waals surface area (Å²) in [6, 6.07) is 89.8. The summed E-state index contributed by atoms with van der Waals surface area (Å²) in [7, 11) is 0. The average molecular weight is 1760 g/mol. The van der Waals surface area contributed by atoms with Gasteiger partial charge in [0.2, 0.25) is 0 Å². The number of aliphatic hydroxyl groups is 1. The van der Waals surface area contributed by atoms with Crippen LogP contribution < -0.4 is 22.9 Å². The van der Waals surface area contributed by atoms with E-state index < -0.39 is 0 Å². The molecular weight excluding hydrogens is 1660 g/mol. The lowest BCUT2D eigenvalue weighted by Crippen LogP contribution is -2.25. The fourth-order valence-electron chi connectivity index (χ4n) is 19.4. The van der Waals surface area contributed by atoms with E-state index in [4.69, 9.17) is 52.6 Å². The average Bonchev–Trinajstić information content (AvgIpc) is 1.61. The van der Waals surface area contributed by atoms with Crippen molar-refractivity contribution in [1.29, 1.82) is 0 Å². The number of pyridine rings is 3. The second kappa shape index (κ2) is 36.9. The van der Waals surface area contributed by atoms with Crippen LogP contribution in [0, 0.1) is 18.8 Å². The molecule has 0 spiro atoms. The van der Waals surface area contributed by atoms with Gasteiger partial charge in [0, 0.05) is 127 Å². The number of carbonyl (C=O) groups excluding carboxylic acids is 1. The van der Waals surface area contributed by atoms with Crippen LogP contribution in [0.4, 0.5) is 23.3 Å². The van der Waals surface area contributed by atoms with Crippen LogP contribution in [0.3, 0.4) is 0 Å². The van der Waals surface area contributed by atoms with Crippen molar-refractivity contribution in [2.24, 2.45) is 11.8 Å². The lowest BCUT2D eigenvalue weighted by atomic mass is 9.86. The minimum atomic E-state index is -0.0795. The number of aryl methyl sites for hydroxylation is 1. The topological polar surface area (TPSA) is 338 Å². The number of rotatable bonds is 15. The Labute approximate surface area is 772 Å². The van der Waals surface area contributed by atoms with Gasteiger partial charge in [0.15, 0.2) is 11.5 Å². The SMILES string of the molecule is CCOC(=O)C1CCC(n2cc(-c3ccc4ccc(-c5ccccc5)nc4c3)c3c(N)ncnc32)CC1.Cc1nc(-c2ccccc2)nc2cc(-c3cn(C4CCC4)c4ncnc(N)c34)ccc12.Nc1ncnc2c1c(-c1ccc3ccc(-c4ccccc4)nc3c1)cn2-c1ccccc1.Nc1ncnc2c1c(-c1ccc3ccc(-c4ccccc4)nc3c1)cn2C1CCC(CO)CC1. The molecule has 9 aromatic carbocycles. The van der Waals surface area contributed by atoms with Crippen LogP contribution in [-0.4, -0.2) is 107 Å². The molecule has 134 heavy (non-hydrogen) atoms. The summed E-state index contributed by atoms with van der Waals surface area (Å²) in [6.45, 7) is 4.58. The quantitative estimate of drug-likeness (QED) is 0.0595. The first kappa shape index (κ1) is 84.5. The molecular formula is C110H97N21O3. The molecule has 12 heterocycles. The maximum absolute atomic E-state index is 12.2. The van der Waals surface area contributed by atoms with Crippen molar-refractivity contribution in [1.82, 2.24) is 83.1 Å². The molecule has 21 aromatic rings. The number of ether oxygens (including phenoxy) is 1. The summed E-state index contributed by atoms with van der Waals surface area (Å²) in [5, 5.41) is 17.4. The molecule has 12 aromatic heterocycles. The van der Waals surface area contributed by atoms with Crippen LogP contribution in [0.2, 0.25) is 0 Å². The first-order valence-electron chi connectivity index (χ1n) is 45.8. The second-order valence-corrected chi connectivity index (χ2v) is 34.8. The number of nitrogens with two attached hydrogens (primary N) is 4. The third kappa shape index (κ3) is 16.7. The van der Waals surface area contributed by atoms with Gasteiger partial charge in [0.05, 0.1) is 73.2 Å². The molecule has 3 aliphatic carbocycles. The molecule has 3 saturated carbocycles. The van der Waals surface area contributed by atoms with Crippen LogP contribution in [0.5, 0.6) is 0 Å². The van der Waals surface area contributed by atoms with E-state index in [0.717, 1.165) is 240 Å². The number of hydrogen-bond acceptors (Lipinski definition) is 20. The fraction of sp³-hybridized carbons (Fsp3) is 0.182. The molecule has 0 saturated heterocycles. The van der Waals surface area contributed by atoms with Gasteiger partial charge >= 0.3 is 5.97 Å². The van der Waals surface area contributed by atoms with Gasteiger partial charge < -0.3 is 51.0 Å². The van der Waals surface area contributed by atoms with Crippen LogP contribution in [0.1, 0.15) is 101 Å². The predicted molar refractivity (Wildman–Crippen MR) is 535 cm³/mol. The lowest BCUT2D eigenvalue weighted by molar-refractivity contribution is -0.149. The Morgan fingerprint density at radius 3 is 1.10 bits per heavy atom. The molecule has 0 aliphatic heterocycles. The molecule has 24 heteroatoms. The van der Waals surface area contributed by atoms with Crippen LogP contribution in [-0.2, 0) is 9.53 Å². The van der Waals surface area contributed by atoms with Crippen molar-refractivity contribution in [2.45, 2.75) is 103 Å². The van der Waals surface area contributed by atoms with Crippen LogP contribution >= 0.6 is 0 Å². The predicted octanol–water partition coefficient (Wildman–Crippen LogP) is 23.0. The minimum absolute atomic E-state index is 0.0254. The van der Waals surface area contributed by atoms with E-state index >= 15 is 0 Å². The lowest BCUT2D eigenvalue weighted by Gasteiger charge is -2.28. The third-order valence-corrected chi connectivity index (χ3v) is 26.7. The summed E-state index contributed by atoms with van der Waals surface area (Å²) in [4.78, 5) is 72.2. The Balaban J connectivity index is 0.000000107. The molecule has 0 amide bonds. The fourth-order valence-corrected chi connectivity index (χ4v) is 19.4. The Kier molecular flexibility index (Phi) is 23.3. The van der Waals surface area contributed by atoms with Crippen LogP contribution in [0.15, 0.2) is 311 Å². The number of fused-ring (bicyclic) bond motifs is 8. The van der Waals surface area contributed by atoms with E-state index in [2.05, 4.69) is 241 Å². The monoisotopic (exact) mass is 1760 g/mol. The second-order valence-electron chi connectivity index (χ2n) is 34.8. The number of anilines is 4. The van der Waals surface area contributed by atoms with E-state index in [1.807, 2.05) is 117 Å². The van der Waals surface area contributed by atoms with Gasteiger partial charge in [-0.3, -0.25) is 4.79 Å². The number of nitrogen functional groups attached to an aromatic ring is 4. The Morgan fingerprint density at radius 2 is 0.709 bits per heavy atom. The van der Waals surface area contributed by atoms with Gasteiger partial charge in [-0.1, -0.05) is 206 Å². The maximum Gasteiger partial charge on any atom is 0.308 e. The van der Waals surface area contributed by atoms with E-state index in [1.165, 1.54) is 31.9 Å². The van der Waals surface area contributed by atoms with Gasteiger partial charge in [0.25, 0.3) is 0 Å². The number of para-hydroxylation sites is 1. The molecule has 24 rings (SSSR count). The van der Waals surface area contributed by atoms with Gasteiger partial charge in [-0.25, -0.2) is 64.8 Å². The zero-order valence-electron chi connectivity index (χ0n) is 74.2. The van der Waals surface area contributed by atoms with E-state index in [1.54, 1.807) is 12.7 Å². The Hall–Kier alpha value is -16.3. The molecule has 0 bridgehead atoms. The summed E-state index contributed by atoms with van der Waals surface area (Å²) < 4.78 is 14.1. The number of carbonyl (C=O) groups is 1. The van der Waals surface area contributed by atoms with E-state index in [0.29, 0.717) is 47.9 Å². The normalized spacial score (nSPS) is 15.6. The third-order valence-electron chi connectivity index (χ3n) is 26.7. The molecule has 0 atom stereocenters. The largest absolute Gasteiger partial charge is 0.466 e. The van der Waals surface area contributed by atoms with Crippen molar-refractivity contribution in [3.63, 3.8) is 0 Å². The number of hydrogen-bond donors (Lipinski definition) is 5. The Morgan fingerprint density at radius 1 is 0.358 bits per heavy atom. The van der Waals surface area contributed by atoms with E-state index in [9.17, 15) is 9.90 Å². The van der Waals surface area contributed by atoms with Crippen molar-refractivity contribution < 1.29 is 14.6 Å². The van der Waals surface area contributed by atoms with Crippen LogP contribution in [0.25, 0.3) is 183 Å². The molecule has 660 valence electrons. The first-order valence-corrected chi connectivity index (χ1v) is 45.8. The highest BCUT2D eigenvalue weighted by atomic mass is 16.5. The van der Waals surface area contributed by atoms with Crippen molar-refractivity contribution in [3.05, 3.63) is 317 Å². The first-order chi connectivity index (χ1) is 65.8. The number of benzene rings is 9. The zero-order chi connectivity index (χ0) is 90.9. The highest BCUT2D eigenvalue weighted by Crippen LogP contribution is 2.46. The molecule has 3 aliphatic rings. The molecule has 0 radical (unpaired) electrons. The summed E-state index contributed by atoms with van der Waals surface area (Å²) >= 11 is 0. The van der Waals surface area contributed by atoms with Gasteiger partial charge in [-0.2, -0.15) is 0 Å². The van der Waals surface area contributed by atoms with Gasteiger partial charge in [0.1, 0.15) is 65.5 Å². The number of aliphatic hydroxyl groups excluding tert-OH is 1. The number of aromatic nitrogens is 17. The maximum atomic E-state index is 12.2. The van der Waals surface area contributed by atoms with E-state index in [-0.39, 0.29) is 24.5 Å². The number of nitrogens with zero attached hydrogens (tertiary/aromatic N) is 17. The number of esters is 1. The smallest absolute Gasteiger partial charge is 0.308 e. The summed E-state index contributed by atoms with van der Waals surface area (Å²) in [6.07, 6.45) is 25.8. The summed E-state index contributed by atoms with van der Waals surface area (Å²) in [5.74, 6) is 2.98. The Bertz CT molecular complexity index is 7930. The molecule has 0 unspecified atom stereocenters. The molecule has 24 nitrogen and oxygen atoms in total. The van der Waals surface area contributed by atoms with Gasteiger partial charge in [-0.15, -0.1) is 0 Å². The minimum Gasteiger partial charge on any atom is -0.466 e. The van der Waals surface area contributed by atoms with Gasteiger partial charge in [-0.05, 0) is 167 Å². The highest BCUT2D eigenvalue weighted by Gasteiger charge is 2.32. The standard InChI is InChI=1S/C30H29N5O2.C28H27N5O.C27H19N5.C25H22N6/c1-2-37-30(36)21-10-13-23(14-11-21)35-17-24(27-28(31)32-18-33-29(27)35)22-9-8-20-12-15-25(34-26(20)16-22)19-6-4-3-5-7-19;29-27-26-23(15-33(28(26)31-17-30-27)22-11-6-18(16-34)7-12-22)21-9-8-20-10-13-24(32-25(20)14-21)19-4-2-1-3-5-19;28-26-25-22(16-32(27(25)30-17-29-26)21-9-5-2-6-10-21)20-12-11-19-13-14-23(31-24(19)15-20)18-7-3-1-4-8-18;1-15-19-11-10-17(12-21(19)30-24(29-15)16-6-3-2-4-7-16)20-13-31(18-8-5-9-18)25-22(20)23(26)27-14-28-25/h3-9,12,15-18,21,23H,2,10-11,13-14H2,1H3,(H2,31,32,33);1-5,8-10,13-15,17-18,22,34H,6-7,11-12,16H2,(H2,29,30,31);1-17H,(H2,28,29,30);2-4,6-7,10-14,18H,5,8-9H2,1H3,(H2,26,27,28). The van der Waals surface area contributed by atoms with Crippen molar-refractivity contribution in [3.8, 4) is 95.4 Å². The van der Waals surface area contributed by atoms with Crippen molar-refractivity contribution in [2.75, 3.05) is 36.1 Å². The summed E-state index contributed by atoms with van der Waals surface area (Å²) in [5.41, 5.74) is 49.9. The molecule has 3 fully saturated rings. The molecule has 9 N–H and O–H groups in total. The van der Waals surface area contributed by atoms with Crippen molar-refractivity contribution >= 4 is 117 Å². The highest BCUT2D eigenvalue weighted by molar-refractivity contribution is 6.07. The zero-order valence-corrected chi connectivity index (χ0v) is 74.2.